The standard InChI is InChI=1S/C13H16ClNO3S/c1-3-10(13(16)17-4-2)18-11-7-8(14)5-6-9(11)12(15)19/h5-7,10H,3-4H2,1-2H3,(H2,15,19). The Hall–Kier alpha value is -1.33. The monoisotopic (exact) mass is 301 g/mol. The number of hydrogen-bond acceptors (Lipinski definition) is 4. The smallest absolute Gasteiger partial charge is 0.347 e. The van der Waals surface area contributed by atoms with Crippen LogP contribution in [0.2, 0.25) is 5.02 Å². The number of carbonyl (C=O) groups excluding carboxylic acids is 1. The number of rotatable bonds is 6. The van der Waals surface area contributed by atoms with Gasteiger partial charge in [0.25, 0.3) is 0 Å². The van der Waals surface area contributed by atoms with Gasteiger partial charge in [0, 0.05) is 5.02 Å². The van der Waals surface area contributed by atoms with Crippen LogP contribution in [-0.2, 0) is 9.53 Å². The highest BCUT2D eigenvalue weighted by Crippen LogP contribution is 2.25. The zero-order valence-electron chi connectivity index (χ0n) is 10.8. The van der Waals surface area contributed by atoms with E-state index in [4.69, 9.17) is 39.0 Å². The molecule has 1 unspecified atom stereocenters. The van der Waals surface area contributed by atoms with Gasteiger partial charge in [0.2, 0.25) is 0 Å². The average Bonchev–Trinajstić information content (AvgIpc) is 2.35. The van der Waals surface area contributed by atoms with Crippen LogP contribution in [0.1, 0.15) is 25.8 Å². The summed E-state index contributed by atoms with van der Waals surface area (Å²) >= 11 is 10.8. The van der Waals surface area contributed by atoms with Crippen LogP contribution in [0.15, 0.2) is 18.2 Å². The minimum absolute atomic E-state index is 0.186. The van der Waals surface area contributed by atoms with Gasteiger partial charge in [-0.15, -0.1) is 0 Å². The molecule has 0 aliphatic carbocycles. The molecule has 1 aromatic carbocycles. The summed E-state index contributed by atoms with van der Waals surface area (Å²) in [5.41, 5.74) is 6.15. The van der Waals surface area contributed by atoms with Crippen molar-refractivity contribution in [3.8, 4) is 5.75 Å². The lowest BCUT2D eigenvalue weighted by Gasteiger charge is -2.18. The summed E-state index contributed by atoms with van der Waals surface area (Å²) in [4.78, 5) is 11.9. The molecule has 0 bridgehead atoms. The van der Waals surface area contributed by atoms with Crippen LogP contribution in [0.5, 0.6) is 5.75 Å². The second kappa shape index (κ2) is 7.31. The molecule has 0 spiro atoms. The van der Waals surface area contributed by atoms with Crippen molar-refractivity contribution in [2.24, 2.45) is 5.73 Å². The molecule has 0 amide bonds. The third-order valence-electron chi connectivity index (χ3n) is 2.40. The molecule has 0 radical (unpaired) electrons. The summed E-state index contributed by atoms with van der Waals surface area (Å²) < 4.78 is 10.6. The molecule has 0 heterocycles. The molecule has 0 aromatic heterocycles. The van der Waals surface area contributed by atoms with Crippen LogP contribution in [0, 0.1) is 0 Å². The number of benzene rings is 1. The van der Waals surface area contributed by atoms with Crippen molar-refractivity contribution in [3.63, 3.8) is 0 Å². The maximum absolute atomic E-state index is 11.7. The van der Waals surface area contributed by atoms with Gasteiger partial charge in [0.1, 0.15) is 10.7 Å². The number of thiocarbonyl (C=S) groups is 1. The molecule has 0 saturated carbocycles. The van der Waals surface area contributed by atoms with E-state index in [1.54, 1.807) is 25.1 Å². The number of ether oxygens (including phenoxy) is 2. The molecule has 0 aliphatic rings. The van der Waals surface area contributed by atoms with Crippen LogP contribution >= 0.6 is 23.8 Å². The summed E-state index contributed by atoms with van der Waals surface area (Å²) in [6.45, 7) is 3.87. The van der Waals surface area contributed by atoms with Crippen LogP contribution in [-0.4, -0.2) is 23.7 Å². The van der Waals surface area contributed by atoms with Crippen molar-refractivity contribution in [2.75, 3.05) is 6.61 Å². The van der Waals surface area contributed by atoms with E-state index in [2.05, 4.69) is 0 Å². The van der Waals surface area contributed by atoms with Gasteiger partial charge in [-0.25, -0.2) is 4.79 Å². The van der Waals surface area contributed by atoms with Gasteiger partial charge in [0.15, 0.2) is 6.10 Å². The first-order chi connectivity index (χ1) is 8.99. The lowest BCUT2D eigenvalue weighted by molar-refractivity contribution is -0.151. The molecule has 0 aliphatic heterocycles. The molecular weight excluding hydrogens is 286 g/mol. The van der Waals surface area contributed by atoms with Crippen LogP contribution in [0.4, 0.5) is 0 Å². The molecule has 4 nitrogen and oxygen atoms in total. The maximum Gasteiger partial charge on any atom is 0.347 e. The van der Waals surface area contributed by atoms with Crippen molar-refractivity contribution < 1.29 is 14.3 Å². The molecule has 19 heavy (non-hydrogen) atoms. The highest BCUT2D eigenvalue weighted by Gasteiger charge is 2.21. The highest BCUT2D eigenvalue weighted by molar-refractivity contribution is 7.80. The first kappa shape index (κ1) is 15.7. The number of halogens is 1. The Balaban J connectivity index is 2.99. The number of hydrogen-bond donors (Lipinski definition) is 1. The van der Waals surface area contributed by atoms with Crippen molar-refractivity contribution >= 4 is 34.8 Å². The Morgan fingerprint density at radius 1 is 1.47 bits per heavy atom. The quantitative estimate of drug-likeness (QED) is 0.646. The van der Waals surface area contributed by atoms with E-state index in [0.29, 0.717) is 29.4 Å². The Morgan fingerprint density at radius 2 is 2.16 bits per heavy atom. The van der Waals surface area contributed by atoms with Gasteiger partial charge in [-0.1, -0.05) is 30.7 Å². The van der Waals surface area contributed by atoms with Crippen molar-refractivity contribution in [2.45, 2.75) is 26.4 Å². The molecule has 1 aromatic rings. The maximum atomic E-state index is 11.7. The molecule has 2 N–H and O–H groups in total. The Morgan fingerprint density at radius 3 is 2.68 bits per heavy atom. The van der Waals surface area contributed by atoms with E-state index < -0.39 is 12.1 Å². The van der Waals surface area contributed by atoms with Crippen molar-refractivity contribution in [1.29, 1.82) is 0 Å². The van der Waals surface area contributed by atoms with Gasteiger partial charge in [0.05, 0.1) is 12.2 Å². The Kier molecular flexibility index (Phi) is 6.05. The lowest BCUT2D eigenvalue weighted by atomic mass is 10.2. The van der Waals surface area contributed by atoms with Crippen LogP contribution < -0.4 is 10.5 Å². The first-order valence-corrected chi connectivity index (χ1v) is 6.70. The highest BCUT2D eigenvalue weighted by atomic mass is 35.5. The predicted molar refractivity (Wildman–Crippen MR) is 78.7 cm³/mol. The predicted octanol–water partition coefficient (Wildman–Crippen LogP) is 2.69. The molecule has 6 heteroatoms. The minimum Gasteiger partial charge on any atom is -0.478 e. The minimum atomic E-state index is -0.702. The largest absolute Gasteiger partial charge is 0.478 e. The fourth-order valence-corrected chi connectivity index (χ4v) is 1.81. The van der Waals surface area contributed by atoms with E-state index >= 15 is 0 Å². The fourth-order valence-electron chi connectivity index (χ4n) is 1.48. The van der Waals surface area contributed by atoms with E-state index in [0.717, 1.165) is 0 Å². The van der Waals surface area contributed by atoms with Crippen LogP contribution in [0.3, 0.4) is 0 Å². The third kappa shape index (κ3) is 4.36. The van der Waals surface area contributed by atoms with E-state index in [1.165, 1.54) is 0 Å². The Labute approximate surface area is 122 Å². The van der Waals surface area contributed by atoms with Gasteiger partial charge in [-0.3, -0.25) is 0 Å². The third-order valence-corrected chi connectivity index (χ3v) is 2.85. The topological polar surface area (TPSA) is 61.5 Å². The molecule has 1 rings (SSSR count). The average molecular weight is 302 g/mol. The zero-order chi connectivity index (χ0) is 14.4. The summed E-state index contributed by atoms with van der Waals surface area (Å²) in [7, 11) is 0. The van der Waals surface area contributed by atoms with E-state index in [9.17, 15) is 4.79 Å². The van der Waals surface area contributed by atoms with Crippen molar-refractivity contribution in [1.82, 2.24) is 0 Å². The lowest BCUT2D eigenvalue weighted by Crippen LogP contribution is -2.29. The normalized spacial score (nSPS) is 11.7. The number of esters is 1. The van der Waals surface area contributed by atoms with E-state index in [-0.39, 0.29) is 4.99 Å². The Bertz CT molecular complexity index is 479. The van der Waals surface area contributed by atoms with Gasteiger partial charge >= 0.3 is 5.97 Å². The number of nitrogens with two attached hydrogens (primary N) is 1. The fraction of sp³-hybridized carbons (Fsp3) is 0.385. The summed E-state index contributed by atoms with van der Waals surface area (Å²) in [6.07, 6.45) is -0.228. The summed E-state index contributed by atoms with van der Waals surface area (Å²) in [6, 6.07) is 4.91. The van der Waals surface area contributed by atoms with Gasteiger partial charge < -0.3 is 15.2 Å². The van der Waals surface area contributed by atoms with Crippen molar-refractivity contribution in [3.05, 3.63) is 28.8 Å². The molecule has 1 atom stereocenters. The molecule has 0 saturated heterocycles. The second-order valence-corrected chi connectivity index (χ2v) is 4.65. The SMILES string of the molecule is CCOC(=O)C(CC)Oc1cc(Cl)ccc1C(N)=S. The van der Waals surface area contributed by atoms with Gasteiger partial charge in [-0.2, -0.15) is 0 Å². The van der Waals surface area contributed by atoms with Crippen LogP contribution in [0.25, 0.3) is 0 Å². The number of carbonyl (C=O) groups is 1. The molecule has 0 fully saturated rings. The summed E-state index contributed by atoms with van der Waals surface area (Å²) in [5, 5.41) is 0.480. The van der Waals surface area contributed by atoms with E-state index in [1.807, 2.05) is 6.92 Å². The summed E-state index contributed by atoms with van der Waals surface area (Å²) in [5.74, 6) is -0.0289. The second-order valence-electron chi connectivity index (χ2n) is 3.77. The first-order valence-electron chi connectivity index (χ1n) is 5.92. The molecular formula is C13H16ClNO3S. The zero-order valence-corrected chi connectivity index (χ0v) is 12.4. The molecule has 104 valence electrons. The van der Waals surface area contributed by atoms with Gasteiger partial charge in [-0.05, 0) is 31.5 Å².